The second-order valence-corrected chi connectivity index (χ2v) is 9.63. The van der Waals surface area contributed by atoms with E-state index in [1.807, 2.05) is 4.90 Å². The van der Waals surface area contributed by atoms with Crippen LogP contribution in [0, 0.1) is 11.6 Å². The van der Waals surface area contributed by atoms with Crippen LogP contribution in [0.15, 0.2) is 12.1 Å². The van der Waals surface area contributed by atoms with Gasteiger partial charge in [-0.3, -0.25) is 14.9 Å². The van der Waals surface area contributed by atoms with Gasteiger partial charge in [-0.1, -0.05) is 0 Å². The number of nitrogens with zero attached hydrogens (tertiary/aromatic N) is 3. The van der Waals surface area contributed by atoms with Crippen molar-refractivity contribution in [2.45, 2.75) is 43.7 Å². The monoisotopic (exact) mass is 490 g/mol. The number of likely N-dealkylation sites (tertiary alicyclic amines) is 2. The standard InChI is InChI=1S/C23H28F2N6O4/c24-17-7-15(8-18(25)20(17)16-3-4-19(32)28-21(16)33)30-9-13(10-30)26-22(34)27-14-11-31(12-14)23(35)29-5-1-2-6-29/h7-8,13-14,16H,1-6,9-12H2,(H2,26,27,34)(H,28,32,33). The van der Waals surface area contributed by atoms with Gasteiger partial charge in [0.15, 0.2) is 0 Å². The van der Waals surface area contributed by atoms with Gasteiger partial charge in [0.1, 0.15) is 11.6 Å². The van der Waals surface area contributed by atoms with Gasteiger partial charge in [-0.15, -0.1) is 0 Å². The van der Waals surface area contributed by atoms with Gasteiger partial charge in [-0.25, -0.2) is 18.4 Å². The van der Waals surface area contributed by atoms with Crippen LogP contribution >= 0.6 is 0 Å². The summed E-state index contributed by atoms with van der Waals surface area (Å²) in [5, 5.41) is 7.81. The summed E-state index contributed by atoms with van der Waals surface area (Å²) in [5.74, 6) is -3.84. The Bertz CT molecular complexity index is 1030. The van der Waals surface area contributed by atoms with E-state index >= 15 is 0 Å². The zero-order valence-electron chi connectivity index (χ0n) is 19.2. The van der Waals surface area contributed by atoms with Gasteiger partial charge >= 0.3 is 12.1 Å². The maximum atomic E-state index is 14.7. The highest BCUT2D eigenvalue weighted by molar-refractivity contribution is 6.01. The van der Waals surface area contributed by atoms with E-state index in [1.165, 1.54) is 12.1 Å². The van der Waals surface area contributed by atoms with Gasteiger partial charge in [0.05, 0.1) is 18.0 Å². The van der Waals surface area contributed by atoms with Crippen LogP contribution in [0.4, 0.5) is 24.1 Å². The molecule has 4 aliphatic rings. The van der Waals surface area contributed by atoms with Gasteiger partial charge in [0.25, 0.3) is 0 Å². The first-order valence-electron chi connectivity index (χ1n) is 12.0. The highest BCUT2D eigenvalue weighted by atomic mass is 19.1. The van der Waals surface area contributed by atoms with Crippen molar-refractivity contribution >= 4 is 29.6 Å². The molecule has 4 heterocycles. The lowest BCUT2D eigenvalue weighted by Crippen LogP contribution is -2.66. The average Bonchev–Trinajstić information content (AvgIpc) is 3.28. The van der Waals surface area contributed by atoms with Gasteiger partial charge in [0.2, 0.25) is 11.8 Å². The Kier molecular flexibility index (Phi) is 6.20. The van der Waals surface area contributed by atoms with Crippen LogP contribution in [0.1, 0.15) is 37.2 Å². The number of urea groups is 2. The molecule has 1 atom stereocenters. The van der Waals surface area contributed by atoms with E-state index in [2.05, 4.69) is 16.0 Å². The lowest BCUT2D eigenvalue weighted by molar-refractivity contribution is -0.134. The summed E-state index contributed by atoms with van der Waals surface area (Å²) in [7, 11) is 0. The number of rotatable bonds is 4. The first kappa shape index (κ1) is 23.3. The molecule has 6 amide bonds. The van der Waals surface area contributed by atoms with E-state index in [1.54, 1.807) is 9.80 Å². The summed E-state index contributed by atoms with van der Waals surface area (Å²) in [6, 6.07) is 1.77. The van der Waals surface area contributed by atoms with Crippen molar-refractivity contribution in [2.75, 3.05) is 44.2 Å². The summed E-state index contributed by atoms with van der Waals surface area (Å²) < 4.78 is 29.5. The number of halogens is 2. The van der Waals surface area contributed by atoms with Crippen LogP contribution in [0.3, 0.4) is 0 Å². The molecule has 0 saturated carbocycles. The Balaban J connectivity index is 1.08. The summed E-state index contributed by atoms with van der Waals surface area (Å²) in [5.41, 5.74) is -0.00403. The SMILES string of the molecule is O=C1CCC(c2c(F)cc(N3CC(NC(=O)NC4CN(C(=O)N5CCCC5)C4)C3)cc2F)C(=O)N1. The second-order valence-electron chi connectivity index (χ2n) is 9.63. The minimum absolute atomic E-state index is 0.0266. The molecular weight excluding hydrogens is 462 g/mol. The smallest absolute Gasteiger partial charge is 0.320 e. The number of amides is 6. The third-order valence-electron chi connectivity index (χ3n) is 7.10. The van der Waals surface area contributed by atoms with E-state index in [-0.39, 0.29) is 42.6 Å². The van der Waals surface area contributed by atoms with Gasteiger partial charge in [0, 0.05) is 56.9 Å². The number of imide groups is 1. The van der Waals surface area contributed by atoms with Crippen LogP contribution in [0.5, 0.6) is 0 Å². The Labute approximate surface area is 201 Å². The molecule has 0 aliphatic carbocycles. The second kappa shape index (κ2) is 9.31. The van der Waals surface area contributed by atoms with E-state index in [4.69, 9.17) is 0 Å². The van der Waals surface area contributed by atoms with Crippen molar-refractivity contribution in [1.29, 1.82) is 0 Å². The average molecular weight is 491 g/mol. The number of benzene rings is 1. The molecule has 5 rings (SSSR count). The molecule has 0 radical (unpaired) electrons. The largest absolute Gasteiger partial charge is 0.367 e. The number of carbonyl (C=O) groups is 4. The van der Waals surface area contributed by atoms with Crippen molar-refractivity contribution in [3.8, 4) is 0 Å². The molecule has 188 valence electrons. The number of carbonyl (C=O) groups excluding carboxylic acids is 4. The van der Waals surface area contributed by atoms with Crippen LogP contribution < -0.4 is 20.9 Å². The zero-order chi connectivity index (χ0) is 24.7. The fourth-order valence-electron chi connectivity index (χ4n) is 5.08. The minimum atomic E-state index is -1.04. The molecule has 0 aromatic heterocycles. The third kappa shape index (κ3) is 4.73. The molecule has 4 fully saturated rings. The maximum Gasteiger partial charge on any atom is 0.320 e. The van der Waals surface area contributed by atoms with Crippen molar-refractivity contribution in [1.82, 2.24) is 25.8 Å². The van der Waals surface area contributed by atoms with Crippen LogP contribution in [-0.2, 0) is 9.59 Å². The van der Waals surface area contributed by atoms with Crippen LogP contribution in [0.25, 0.3) is 0 Å². The number of hydrogen-bond donors (Lipinski definition) is 3. The number of anilines is 1. The number of piperidine rings is 1. The molecule has 1 aromatic rings. The van der Waals surface area contributed by atoms with E-state index in [0.29, 0.717) is 31.9 Å². The molecule has 1 unspecified atom stereocenters. The molecule has 0 spiro atoms. The molecule has 0 bridgehead atoms. The summed E-state index contributed by atoms with van der Waals surface area (Å²) in [6.07, 6.45) is 2.16. The molecule has 35 heavy (non-hydrogen) atoms. The molecule has 3 N–H and O–H groups in total. The summed E-state index contributed by atoms with van der Waals surface area (Å²) in [6.45, 7) is 3.32. The van der Waals surface area contributed by atoms with E-state index < -0.39 is 29.4 Å². The van der Waals surface area contributed by atoms with E-state index in [9.17, 15) is 28.0 Å². The Hall–Kier alpha value is -3.44. The first-order valence-corrected chi connectivity index (χ1v) is 12.0. The molecular formula is C23H28F2N6O4. The van der Waals surface area contributed by atoms with Crippen molar-refractivity contribution in [2.24, 2.45) is 0 Å². The van der Waals surface area contributed by atoms with Gasteiger partial charge < -0.3 is 25.3 Å². The molecule has 4 saturated heterocycles. The zero-order valence-corrected chi connectivity index (χ0v) is 19.2. The Morgan fingerprint density at radius 2 is 1.51 bits per heavy atom. The first-order chi connectivity index (χ1) is 16.8. The van der Waals surface area contributed by atoms with E-state index in [0.717, 1.165) is 25.9 Å². The van der Waals surface area contributed by atoms with Crippen molar-refractivity contribution in [3.05, 3.63) is 29.3 Å². The predicted octanol–water partition coefficient (Wildman–Crippen LogP) is 0.873. The summed E-state index contributed by atoms with van der Waals surface area (Å²) in [4.78, 5) is 53.2. The Morgan fingerprint density at radius 3 is 2.11 bits per heavy atom. The minimum Gasteiger partial charge on any atom is -0.367 e. The maximum absolute atomic E-state index is 14.7. The topological polar surface area (TPSA) is 114 Å². The van der Waals surface area contributed by atoms with Gasteiger partial charge in [-0.05, 0) is 31.4 Å². The molecule has 4 aliphatic heterocycles. The highest BCUT2D eigenvalue weighted by Crippen LogP contribution is 2.33. The number of hydrogen-bond acceptors (Lipinski definition) is 5. The number of nitrogens with one attached hydrogen (secondary N) is 3. The fourth-order valence-corrected chi connectivity index (χ4v) is 5.08. The Morgan fingerprint density at radius 1 is 0.914 bits per heavy atom. The molecule has 12 heteroatoms. The lowest BCUT2D eigenvalue weighted by atomic mass is 9.89. The lowest BCUT2D eigenvalue weighted by Gasteiger charge is -2.43. The predicted molar refractivity (Wildman–Crippen MR) is 121 cm³/mol. The third-order valence-corrected chi connectivity index (χ3v) is 7.10. The summed E-state index contributed by atoms with van der Waals surface area (Å²) >= 11 is 0. The van der Waals surface area contributed by atoms with Crippen molar-refractivity contribution in [3.63, 3.8) is 0 Å². The molecule has 1 aromatic carbocycles. The normalized spacial score (nSPS) is 23.0. The fraction of sp³-hybridized carbons (Fsp3) is 0.565. The van der Waals surface area contributed by atoms with Crippen LogP contribution in [0.2, 0.25) is 0 Å². The quantitative estimate of drug-likeness (QED) is 0.542. The van der Waals surface area contributed by atoms with Crippen molar-refractivity contribution < 1.29 is 28.0 Å². The highest BCUT2D eigenvalue weighted by Gasteiger charge is 2.37. The van der Waals surface area contributed by atoms with Gasteiger partial charge in [-0.2, -0.15) is 0 Å². The van der Waals surface area contributed by atoms with Crippen LogP contribution in [-0.4, -0.2) is 85.0 Å². The molecule has 10 nitrogen and oxygen atoms in total.